The number of carbonyl (C=O) groups excluding carboxylic acids is 1. The maximum atomic E-state index is 12.8. The van der Waals surface area contributed by atoms with Crippen LogP contribution < -0.4 is 5.32 Å². The fourth-order valence-corrected chi connectivity index (χ4v) is 5.43. The molecule has 1 amide bonds. The lowest BCUT2D eigenvalue weighted by molar-refractivity contribution is -0.302. The molecule has 0 spiro atoms. The summed E-state index contributed by atoms with van der Waals surface area (Å²) in [4.78, 5) is 12.8. The van der Waals surface area contributed by atoms with Gasteiger partial charge in [-0.25, -0.2) is 0 Å². The number of aliphatic hydroxyl groups excluding tert-OH is 5. The lowest BCUT2D eigenvalue weighted by Gasteiger charge is -2.40. The minimum absolute atomic E-state index is 0.220. The number of ether oxygens (including phenoxy) is 2. The minimum atomic E-state index is -1.58. The number of hydrogen-bond donors (Lipinski definition) is 6. The van der Waals surface area contributed by atoms with Crippen molar-refractivity contribution in [3.8, 4) is 0 Å². The fraction of sp³-hybridized carbons (Fsp3) is 0.614. The molecule has 0 bridgehead atoms. The quantitative estimate of drug-likeness (QED) is 0.0330. The van der Waals surface area contributed by atoms with Crippen LogP contribution in [0.4, 0.5) is 0 Å². The molecule has 7 atom stereocenters. The van der Waals surface area contributed by atoms with E-state index in [2.05, 4.69) is 104 Å². The van der Waals surface area contributed by atoms with Gasteiger partial charge in [0.15, 0.2) is 6.29 Å². The second-order valence-corrected chi connectivity index (χ2v) is 13.3. The Labute approximate surface area is 320 Å². The lowest BCUT2D eigenvalue weighted by atomic mass is 9.99. The molecule has 1 aliphatic heterocycles. The van der Waals surface area contributed by atoms with E-state index in [-0.39, 0.29) is 18.9 Å². The Balaban J connectivity index is 2.39. The summed E-state index contributed by atoms with van der Waals surface area (Å²) in [6, 6.07) is -0.838. The van der Waals surface area contributed by atoms with Gasteiger partial charge in [0.25, 0.3) is 0 Å². The predicted octanol–water partition coefficient (Wildman–Crippen LogP) is 7.38. The number of carbonyl (C=O) groups is 1. The number of amides is 1. The van der Waals surface area contributed by atoms with Crippen LogP contribution in [-0.2, 0) is 14.3 Å². The van der Waals surface area contributed by atoms with Gasteiger partial charge in [0.1, 0.15) is 24.4 Å². The van der Waals surface area contributed by atoms with Crippen LogP contribution >= 0.6 is 0 Å². The Morgan fingerprint density at radius 2 is 1.17 bits per heavy atom. The number of hydrogen-bond acceptors (Lipinski definition) is 8. The van der Waals surface area contributed by atoms with E-state index in [4.69, 9.17) is 9.47 Å². The van der Waals surface area contributed by atoms with E-state index in [1.807, 2.05) is 6.08 Å². The van der Waals surface area contributed by atoms with Crippen LogP contribution in [0.3, 0.4) is 0 Å². The molecule has 1 rings (SSSR count). The van der Waals surface area contributed by atoms with E-state index in [9.17, 15) is 30.3 Å². The van der Waals surface area contributed by atoms with Crippen LogP contribution in [0.25, 0.3) is 0 Å². The molecule has 6 N–H and O–H groups in total. The third-order valence-corrected chi connectivity index (χ3v) is 8.66. The van der Waals surface area contributed by atoms with Crippen molar-refractivity contribution in [1.29, 1.82) is 0 Å². The van der Waals surface area contributed by atoms with Crippen molar-refractivity contribution in [2.45, 2.75) is 159 Å². The van der Waals surface area contributed by atoms with Crippen molar-refractivity contribution in [3.05, 3.63) is 97.2 Å². The van der Waals surface area contributed by atoms with Gasteiger partial charge in [0.2, 0.25) is 5.91 Å². The first-order valence-corrected chi connectivity index (χ1v) is 20.0. The van der Waals surface area contributed by atoms with E-state index >= 15 is 0 Å². The zero-order chi connectivity index (χ0) is 38.8. The second kappa shape index (κ2) is 33.7. The largest absolute Gasteiger partial charge is 0.394 e. The van der Waals surface area contributed by atoms with Gasteiger partial charge < -0.3 is 40.3 Å². The molecular weight excluding hydrogens is 670 g/mol. The molecule has 1 aliphatic rings. The van der Waals surface area contributed by atoms with Crippen molar-refractivity contribution in [2.75, 3.05) is 13.2 Å². The molecule has 1 saturated heterocycles. The molecule has 300 valence electrons. The molecule has 0 aliphatic carbocycles. The maximum absolute atomic E-state index is 12.8. The molecular formula is C44H71NO8. The third kappa shape index (κ3) is 24.9. The molecule has 0 aromatic rings. The van der Waals surface area contributed by atoms with Gasteiger partial charge in [-0.3, -0.25) is 4.79 Å². The fourth-order valence-electron chi connectivity index (χ4n) is 5.43. The van der Waals surface area contributed by atoms with E-state index in [0.717, 1.165) is 70.6 Å². The van der Waals surface area contributed by atoms with Gasteiger partial charge in [-0.2, -0.15) is 0 Å². The van der Waals surface area contributed by atoms with Crippen LogP contribution in [0.2, 0.25) is 0 Å². The van der Waals surface area contributed by atoms with Gasteiger partial charge in [0, 0.05) is 6.42 Å². The summed E-state index contributed by atoms with van der Waals surface area (Å²) in [5.41, 5.74) is 0. The van der Waals surface area contributed by atoms with E-state index < -0.39 is 49.5 Å². The Morgan fingerprint density at radius 3 is 1.70 bits per heavy atom. The highest BCUT2D eigenvalue weighted by atomic mass is 16.7. The Bertz CT molecular complexity index is 1140. The number of aliphatic hydroxyl groups is 5. The first kappa shape index (κ1) is 48.1. The van der Waals surface area contributed by atoms with Crippen LogP contribution in [0, 0.1) is 0 Å². The van der Waals surface area contributed by atoms with Gasteiger partial charge in [0.05, 0.1) is 25.4 Å². The summed E-state index contributed by atoms with van der Waals surface area (Å²) in [7, 11) is 0. The third-order valence-electron chi connectivity index (χ3n) is 8.66. The summed E-state index contributed by atoms with van der Waals surface area (Å²) < 4.78 is 11.1. The molecule has 1 fully saturated rings. The highest BCUT2D eigenvalue weighted by molar-refractivity contribution is 5.76. The minimum Gasteiger partial charge on any atom is -0.394 e. The lowest BCUT2D eigenvalue weighted by Crippen LogP contribution is -2.60. The van der Waals surface area contributed by atoms with Crippen LogP contribution in [0.5, 0.6) is 0 Å². The molecule has 9 nitrogen and oxygen atoms in total. The summed E-state index contributed by atoms with van der Waals surface area (Å²) in [5.74, 6) is -0.246. The topological polar surface area (TPSA) is 149 Å². The molecule has 53 heavy (non-hydrogen) atoms. The first-order valence-electron chi connectivity index (χ1n) is 20.0. The van der Waals surface area contributed by atoms with Gasteiger partial charge in [-0.15, -0.1) is 0 Å². The summed E-state index contributed by atoms with van der Waals surface area (Å²) in [5, 5.41) is 53.7. The summed E-state index contributed by atoms with van der Waals surface area (Å²) >= 11 is 0. The summed E-state index contributed by atoms with van der Waals surface area (Å²) in [6.45, 7) is 3.52. The average Bonchev–Trinajstić information content (AvgIpc) is 3.16. The van der Waals surface area contributed by atoms with Crippen molar-refractivity contribution < 1.29 is 39.8 Å². The van der Waals surface area contributed by atoms with Crippen molar-refractivity contribution >= 4 is 5.91 Å². The highest BCUT2D eigenvalue weighted by Gasteiger charge is 2.44. The number of allylic oxidation sites excluding steroid dienone is 15. The van der Waals surface area contributed by atoms with Crippen molar-refractivity contribution in [1.82, 2.24) is 5.32 Å². The second-order valence-electron chi connectivity index (χ2n) is 13.3. The van der Waals surface area contributed by atoms with Crippen LogP contribution in [0.15, 0.2) is 97.2 Å². The van der Waals surface area contributed by atoms with Crippen molar-refractivity contribution in [2.24, 2.45) is 0 Å². The van der Waals surface area contributed by atoms with E-state index in [0.29, 0.717) is 6.42 Å². The normalized spacial score (nSPS) is 22.7. The Kier molecular flexibility index (Phi) is 30.6. The molecule has 0 aromatic carbocycles. The standard InChI is InChI=1S/C44H71NO8/c1-3-5-7-9-11-12-13-14-15-16-17-18-19-20-21-22-23-24-25-26-28-30-32-34-40(48)45-37(38(47)33-31-29-27-10-8-6-4-2)36-52-44-43(51)42(50)41(49)39(35-46)53-44/h5,7,11-12,14-15,17-18,20-21,23-24,26,28,31,33,37-39,41-44,46-47,49-51H,3-4,6,8-10,13,16,19,22,25,27,29-30,32,34-36H2,1-2H3,(H,45,48)/b7-5-,12-11-,15-14-,18-17-,21-20-,24-23-,28-26-,33-31+. The zero-order valence-electron chi connectivity index (χ0n) is 32.5. The first-order chi connectivity index (χ1) is 25.8. The predicted molar refractivity (Wildman–Crippen MR) is 216 cm³/mol. The molecule has 9 heteroatoms. The highest BCUT2D eigenvalue weighted by Crippen LogP contribution is 2.22. The Hall–Kier alpha value is -2.89. The molecule has 0 aromatic heterocycles. The molecule has 1 heterocycles. The van der Waals surface area contributed by atoms with Gasteiger partial charge >= 0.3 is 0 Å². The SMILES string of the molecule is CC/C=C\C/C=C\C/C=C\C/C=C\C/C=C\C/C=C\C/C=C\CCCC(=O)NC(COC1OC(CO)C(O)C(O)C1O)C(O)/C=C/CCCCCCC. The summed E-state index contributed by atoms with van der Waals surface area (Å²) in [6.07, 6.45) is 40.5. The van der Waals surface area contributed by atoms with E-state index in [1.54, 1.807) is 6.08 Å². The van der Waals surface area contributed by atoms with Crippen LogP contribution in [0.1, 0.15) is 117 Å². The monoisotopic (exact) mass is 742 g/mol. The van der Waals surface area contributed by atoms with E-state index in [1.165, 1.54) is 19.3 Å². The molecule has 7 unspecified atom stereocenters. The average molecular weight is 742 g/mol. The zero-order valence-corrected chi connectivity index (χ0v) is 32.5. The number of rotatable bonds is 30. The molecule has 0 saturated carbocycles. The van der Waals surface area contributed by atoms with Crippen LogP contribution in [-0.4, -0.2) is 87.5 Å². The van der Waals surface area contributed by atoms with Crippen molar-refractivity contribution in [3.63, 3.8) is 0 Å². The molecule has 0 radical (unpaired) electrons. The smallest absolute Gasteiger partial charge is 0.220 e. The Morgan fingerprint density at radius 1 is 0.660 bits per heavy atom. The maximum Gasteiger partial charge on any atom is 0.220 e. The van der Waals surface area contributed by atoms with Gasteiger partial charge in [-0.1, -0.05) is 137 Å². The number of unbranched alkanes of at least 4 members (excludes halogenated alkanes) is 6. The number of nitrogens with one attached hydrogen (secondary N) is 1. The van der Waals surface area contributed by atoms with Gasteiger partial charge in [-0.05, 0) is 70.6 Å².